The molecule has 7 heteroatoms. The molecule has 0 radical (unpaired) electrons. The molecule has 6 rings (SSSR count). The minimum Gasteiger partial charge on any atom is -0.481 e. The molecule has 4 atom stereocenters. The number of ether oxygens (including phenoxy) is 1. The van der Waals surface area contributed by atoms with Crippen molar-refractivity contribution >= 4 is 34.1 Å². The second-order valence-electron chi connectivity index (χ2n) is 11.1. The molecule has 0 aliphatic carbocycles. The van der Waals surface area contributed by atoms with E-state index < -0.39 is 11.5 Å². The maximum Gasteiger partial charge on any atom is 0.217 e. The van der Waals surface area contributed by atoms with E-state index in [9.17, 15) is 5.11 Å². The van der Waals surface area contributed by atoms with Crippen LogP contribution in [0.15, 0.2) is 103 Å². The average Bonchev–Trinajstić information content (AvgIpc) is 3.02. The maximum atomic E-state index is 12.9. The number of likely N-dealkylation sites (tertiary alicyclic amines) is 1. The highest BCUT2D eigenvalue weighted by molar-refractivity contribution is 6.31. The van der Waals surface area contributed by atoms with Gasteiger partial charge in [0.2, 0.25) is 5.88 Å². The Bertz CT molecular complexity index is 1670. The van der Waals surface area contributed by atoms with Crippen molar-refractivity contribution in [3.05, 3.63) is 136 Å². The van der Waals surface area contributed by atoms with Gasteiger partial charge in [0.25, 0.3) is 0 Å². The van der Waals surface area contributed by atoms with E-state index in [4.69, 9.17) is 32.9 Å². The van der Waals surface area contributed by atoms with Crippen LogP contribution in [0.5, 0.6) is 5.88 Å². The highest BCUT2D eigenvalue weighted by Crippen LogP contribution is 2.50. The predicted molar refractivity (Wildman–Crippen MR) is 169 cm³/mol. The van der Waals surface area contributed by atoms with E-state index >= 15 is 0 Å². The van der Waals surface area contributed by atoms with Gasteiger partial charge in [-0.1, -0.05) is 71.7 Å². The number of halogens is 2. The molecule has 0 saturated carbocycles. The topological polar surface area (TPSA) is 58.5 Å². The summed E-state index contributed by atoms with van der Waals surface area (Å²) in [5.41, 5.74) is 3.71. The van der Waals surface area contributed by atoms with Crippen LogP contribution in [-0.2, 0) is 0 Å². The lowest BCUT2D eigenvalue weighted by Crippen LogP contribution is -2.50. The number of aliphatic hydroxyl groups is 1. The number of benzene rings is 3. The Labute approximate surface area is 256 Å². The van der Waals surface area contributed by atoms with E-state index in [0.29, 0.717) is 35.3 Å². The first kappa shape index (κ1) is 28.6. The molecule has 0 amide bonds. The Morgan fingerprint density at radius 1 is 0.929 bits per heavy atom. The Balaban J connectivity index is 1.49. The first-order valence-electron chi connectivity index (χ1n) is 14.2. The van der Waals surface area contributed by atoms with Crippen molar-refractivity contribution < 1.29 is 9.84 Å². The molecule has 0 bridgehead atoms. The second kappa shape index (κ2) is 12.0. The Kier molecular flexibility index (Phi) is 8.19. The molecule has 1 saturated heterocycles. The Morgan fingerprint density at radius 3 is 2.40 bits per heavy atom. The number of pyridine rings is 2. The summed E-state index contributed by atoms with van der Waals surface area (Å²) in [5, 5.41) is 15.0. The standard InChI is InChI=1S/C35H33Cl2N3O2/c1-23(24-7-4-3-5-8-24)40-18-16-35(41,21-32(40)26-9-6-17-38-22-26)33(25-10-12-28(36)13-11-25)30-20-27-19-29(37)14-15-31(27)39-34(30)42-2/h3-15,17,19-20,22-23,32-33,41H,16,18,21H2,1-2H3. The number of methoxy groups -OCH3 is 1. The van der Waals surface area contributed by atoms with Gasteiger partial charge in [0.05, 0.1) is 18.2 Å². The maximum absolute atomic E-state index is 12.9. The van der Waals surface area contributed by atoms with Crippen LogP contribution in [0.4, 0.5) is 0 Å². The minimum absolute atomic E-state index is 0.0729. The van der Waals surface area contributed by atoms with Crippen LogP contribution < -0.4 is 4.74 Å². The Hall–Kier alpha value is -3.48. The number of fused-ring (bicyclic) bond motifs is 1. The van der Waals surface area contributed by atoms with Crippen LogP contribution in [0.1, 0.15) is 60.0 Å². The normalized spacial score (nSPS) is 20.7. The van der Waals surface area contributed by atoms with Crippen molar-refractivity contribution in [3.8, 4) is 5.88 Å². The first-order valence-corrected chi connectivity index (χ1v) is 14.9. The summed E-state index contributed by atoms with van der Waals surface area (Å²) >= 11 is 12.7. The van der Waals surface area contributed by atoms with Crippen molar-refractivity contribution in [2.75, 3.05) is 13.7 Å². The third-order valence-electron chi connectivity index (χ3n) is 8.61. The fourth-order valence-corrected chi connectivity index (χ4v) is 6.82. The quantitative estimate of drug-likeness (QED) is 0.204. The Morgan fingerprint density at radius 2 is 1.69 bits per heavy atom. The van der Waals surface area contributed by atoms with E-state index in [0.717, 1.165) is 27.6 Å². The van der Waals surface area contributed by atoms with E-state index in [1.165, 1.54) is 5.56 Å². The van der Waals surface area contributed by atoms with Gasteiger partial charge in [-0.3, -0.25) is 9.88 Å². The molecule has 4 unspecified atom stereocenters. The lowest BCUT2D eigenvalue weighted by molar-refractivity contribution is -0.0697. The van der Waals surface area contributed by atoms with Gasteiger partial charge in [0.1, 0.15) is 0 Å². The fourth-order valence-electron chi connectivity index (χ4n) is 6.51. The average molecular weight is 599 g/mol. The van der Waals surface area contributed by atoms with Crippen molar-refractivity contribution in [2.24, 2.45) is 0 Å². The van der Waals surface area contributed by atoms with Gasteiger partial charge in [-0.15, -0.1) is 0 Å². The molecule has 1 aliphatic rings. The fraction of sp³-hybridized carbons (Fsp3) is 0.257. The molecule has 42 heavy (non-hydrogen) atoms. The molecular weight excluding hydrogens is 565 g/mol. The second-order valence-corrected chi connectivity index (χ2v) is 12.0. The summed E-state index contributed by atoms with van der Waals surface area (Å²) in [5.74, 6) is 0.0464. The zero-order chi connectivity index (χ0) is 29.3. The summed E-state index contributed by atoms with van der Waals surface area (Å²) in [7, 11) is 1.62. The van der Waals surface area contributed by atoms with Crippen LogP contribution in [-0.4, -0.2) is 39.2 Å². The van der Waals surface area contributed by atoms with Crippen molar-refractivity contribution in [2.45, 2.75) is 43.4 Å². The third kappa shape index (κ3) is 5.62. The van der Waals surface area contributed by atoms with Crippen LogP contribution >= 0.6 is 23.2 Å². The van der Waals surface area contributed by atoms with Gasteiger partial charge in [-0.05, 0) is 78.9 Å². The van der Waals surface area contributed by atoms with Crippen molar-refractivity contribution in [1.82, 2.24) is 14.9 Å². The highest BCUT2D eigenvalue weighted by atomic mass is 35.5. The molecule has 1 aliphatic heterocycles. The summed E-state index contributed by atoms with van der Waals surface area (Å²) in [6.07, 6.45) is 4.74. The van der Waals surface area contributed by atoms with Crippen LogP contribution in [0.3, 0.4) is 0 Å². The van der Waals surface area contributed by atoms with Crippen LogP contribution in [0.2, 0.25) is 10.0 Å². The molecular formula is C35H33Cl2N3O2. The molecule has 2 aromatic heterocycles. The molecule has 3 aromatic carbocycles. The number of nitrogens with zero attached hydrogens (tertiary/aromatic N) is 3. The predicted octanol–water partition coefficient (Wildman–Crippen LogP) is 8.41. The van der Waals surface area contributed by atoms with Gasteiger partial charge in [-0.2, -0.15) is 0 Å². The van der Waals surface area contributed by atoms with Crippen LogP contribution in [0.25, 0.3) is 10.9 Å². The van der Waals surface area contributed by atoms with Gasteiger partial charge >= 0.3 is 0 Å². The van der Waals surface area contributed by atoms with Crippen molar-refractivity contribution in [3.63, 3.8) is 0 Å². The van der Waals surface area contributed by atoms with Gasteiger partial charge in [0.15, 0.2) is 0 Å². The first-order chi connectivity index (χ1) is 20.4. The zero-order valence-electron chi connectivity index (χ0n) is 23.6. The smallest absolute Gasteiger partial charge is 0.217 e. The molecule has 1 N–H and O–H groups in total. The number of piperidine rings is 1. The summed E-state index contributed by atoms with van der Waals surface area (Å²) in [4.78, 5) is 11.8. The van der Waals surface area contributed by atoms with Crippen molar-refractivity contribution in [1.29, 1.82) is 0 Å². The largest absolute Gasteiger partial charge is 0.481 e. The molecule has 0 spiro atoms. The molecule has 5 aromatic rings. The number of hydrogen-bond acceptors (Lipinski definition) is 5. The van der Waals surface area contributed by atoms with Gasteiger partial charge in [-0.25, -0.2) is 4.98 Å². The molecule has 214 valence electrons. The zero-order valence-corrected chi connectivity index (χ0v) is 25.1. The summed E-state index contributed by atoms with van der Waals surface area (Å²) < 4.78 is 5.87. The summed E-state index contributed by atoms with van der Waals surface area (Å²) in [6, 6.07) is 30.1. The summed E-state index contributed by atoms with van der Waals surface area (Å²) in [6.45, 7) is 2.92. The number of hydrogen-bond donors (Lipinski definition) is 1. The van der Waals surface area contributed by atoms with E-state index in [1.54, 1.807) is 13.3 Å². The lowest BCUT2D eigenvalue weighted by Gasteiger charge is -2.49. The number of aromatic nitrogens is 2. The molecule has 5 nitrogen and oxygen atoms in total. The highest BCUT2D eigenvalue weighted by Gasteiger charge is 2.47. The molecule has 1 fully saturated rings. The minimum atomic E-state index is -1.14. The van der Waals surface area contributed by atoms with E-state index in [-0.39, 0.29) is 12.1 Å². The monoisotopic (exact) mass is 597 g/mol. The van der Waals surface area contributed by atoms with Crippen LogP contribution in [0, 0.1) is 0 Å². The number of rotatable bonds is 7. The lowest BCUT2D eigenvalue weighted by atomic mass is 9.69. The third-order valence-corrected chi connectivity index (χ3v) is 9.10. The van der Waals surface area contributed by atoms with Gasteiger partial charge in [0, 0.05) is 57.9 Å². The van der Waals surface area contributed by atoms with E-state index in [2.05, 4.69) is 53.2 Å². The SMILES string of the molecule is COc1nc2ccc(Cl)cc2cc1C(c1ccc(Cl)cc1)C1(O)CCN(C(C)c2ccccc2)C(c2cccnc2)C1. The van der Waals surface area contributed by atoms with E-state index in [1.807, 2.05) is 60.8 Å². The van der Waals surface area contributed by atoms with Gasteiger partial charge < -0.3 is 9.84 Å². The molecule has 3 heterocycles.